The molecule has 1 amide bonds. The third-order valence-corrected chi connectivity index (χ3v) is 5.61. The number of amides is 1. The molecule has 7 nitrogen and oxygen atoms in total. The van der Waals surface area contributed by atoms with Crippen LogP contribution < -0.4 is 5.48 Å². The summed E-state index contributed by atoms with van der Waals surface area (Å²) in [5.74, 6) is -0.538. The van der Waals surface area contributed by atoms with Gasteiger partial charge in [-0.1, -0.05) is 59.8 Å². The van der Waals surface area contributed by atoms with Crippen molar-refractivity contribution >= 4 is 12.0 Å². The fourth-order valence-corrected chi connectivity index (χ4v) is 4.02. The Morgan fingerprint density at radius 1 is 1.13 bits per heavy atom. The third kappa shape index (κ3) is 5.87. The summed E-state index contributed by atoms with van der Waals surface area (Å²) in [6.07, 6.45) is 8.18. The van der Waals surface area contributed by atoms with Crippen LogP contribution in [0.15, 0.2) is 66.9 Å². The summed E-state index contributed by atoms with van der Waals surface area (Å²) >= 11 is 0. The molecule has 3 aromatic rings. The number of hydrogen-bond acceptors (Lipinski definition) is 5. The molecular weight excluding hydrogens is 390 g/mol. The molecule has 0 spiro atoms. The molecule has 1 aliphatic rings. The molecule has 2 aromatic carbocycles. The highest BCUT2D eigenvalue weighted by Crippen LogP contribution is 2.22. The highest BCUT2D eigenvalue weighted by atomic mass is 16.5. The van der Waals surface area contributed by atoms with Crippen molar-refractivity contribution in [1.82, 2.24) is 25.4 Å². The Balaban J connectivity index is 1.33. The van der Waals surface area contributed by atoms with E-state index in [9.17, 15) is 4.79 Å². The molecule has 0 bridgehead atoms. The lowest BCUT2D eigenvalue weighted by Gasteiger charge is -2.24. The Labute approximate surface area is 182 Å². The van der Waals surface area contributed by atoms with Gasteiger partial charge in [0.15, 0.2) is 0 Å². The average Bonchev–Trinajstić information content (AvgIpc) is 3.43. The second kappa shape index (κ2) is 10.1. The van der Waals surface area contributed by atoms with Crippen molar-refractivity contribution in [1.29, 1.82) is 0 Å². The van der Waals surface area contributed by atoms with E-state index >= 15 is 0 Å². The zero-order valence-corrected chi connectivity index (χ0v) is 17.4. The molecule has 1 saturated heterocycles. The molecule has 1 aliphatic heterocycles. The van der Waals surface area contributed by atoms with Crippen molar-refractivity contribution < 1.29 is 10.0 Å². The van der Waals surface area contributed by atoms with Gasteiger partial charge in [0.2, 0.25) is 0 Å². The lowest BCUT2D eigenvalue weighted by atomic mass is 10.1. The quantitative estimate of drug-likeness (QED) is 0.334. The van der Waals surface area contributed by atoms with Gasteiger partial charge in [0.25, 0.3) is 5.91 Å². The van der Waals surface area contributed by atoms with Crippen LogP contribution in [0, 0.1) is 0 Å². The molecule has 0 radical (unpaired) electrons. The predicted molar refractivity (Wildman–Crippen MR) is 118 cm³/mol. The van der Waals surface area contributed by atoms with Gasteiger partial charge in [-0.2, -0.15) is 0 Å². The normalized spacial score (nSPS) is 16.7. The Hall–Kier alpha value is -3.29. The first kappa shape index (κ1) is 21.0. The van der Waals surface area contributed by atoms with E-state index in [4.69, 9.17) is 5.21 Å². The Morgan fingerprint density at radius 3 is 2.71 bits per heavy atom. The number of hydrogen-bond donors (Lipinski definition) is 2. The van der Waals surface area contributed by atoms with Crippen LogP contribution in [0.25, 0.3) is 6.08 Å². The molecule has 2 N–H and O–H groups in total. The van der Waals surface area contributed by atoms with Gasteiger partial charge in [-0.25, -0.2) is 5.48 Å². The fraction of sp³-hybridized carbons (Fsp3) is 0.292. The molecule has 1 fully saturated rings. The Bertz CT molecular complexity index is 1010. The predicted octanol–water partition coefficient (Wildman–Crippen LogP) is 3.05. The number of aromatic nitrogens is 3. The molecule has 160 valence electrons. The lowest BCUT2D eigenvalue weighted by molar-refractivity contribution is -0.124. The second-order valence-electron chi connectivity index (χ2n) is 7.91. The number of rotatable bonds is 8. The van der Waals surface area contributed by atoms with Crippen LogP contribution >= 0.6 is 0 Å². The maximum absolute atomic E-state index is 11.1. The van der Waals surface area contributed by atoms with Crippen molar-refractivity contribution in [2.75, 3.05) is 6.54 Å². The van der Waals surface area contributed by atoms with Gasteiger partial charge >= 0.3 is 0 Å². The first-order valence-corrected chi connectivity index (χ1v) is 10.6. The Morgan fingerprint density at radius 2 is 1.94 bits per heavy atom. The van der Waals surface area contributed by atoms with Crippen molar-refractivity contribution in [3.05, 3.63) is 89.3 Å². The van der Waals surface area contributed by atoms with Gasteiger partial charge in [-0.05, 0) is 42.2 Å². The number of carbonyl (C=O) groups is 1. The first-order chi connectivity index (χ1) is 15.2. The third-order valence-electron chi connectivity index (χ3n) is 5.61. The van der Waals surface area contributed by atoms with Crippen LogP contribution in [0.1, 0.15) is 35.2 Å². The number of hydroxylamine groups is 1. The van der Waals surface area contributed by atoms with Crippen LogP contribution in [0.3, 0.4) is 0 Å². The maximum Gasteiger partial charge on any atom is 0.267 e. The summed E-state index contributed by atoms with van der Waals surface area (Å²) < 4.78 is 1.97. The van der Waals surface area contributed by atoms with Crippen molar-refractivity contribution in [2.24, 2.45) is 0 Å². The smallest absolute Gasteiger partial charge is 0.267 e. The van der Waals surface area contributed by atoms with Gasteiger partial charge in [0.05, 0.1) is 12.2 Å². The largest absolute Gasteiger partial charge is 0.294 e. The summed E-state index contributed by atoms with van der Waals surface area (Å²) in [5, 5.41) is 17.3. The summed E-state index contributed by atoms with van der Waals surface area (Å²) in [6, 6.07) is 18.9. The van der Waals surface area contributed by atoms with Crippen molar-refractivity contribution in [3.63, 3.8) is 0 Å². The number of likely N-dealkylation sites (tertiary alicyclic amines) is 1. The molecule has 7 heteroatoms. The molecule has 0 unspecified atom stereocenters. The minimum Gasteiger partial charge on any atom is -0.294 e. The van der Waals surface area contributed by atoms with Gasteiger partial charge in [-0.3, -0.25) is 19.6 Å². The first-order valence-electron chi connectivity index (χ1n) is 10.6. The second-order valence-corrected chi connectivity index (χ2v) is 7.91. The van der Waals surface area contributed by atoms with E-state index in [0.717, 1.165) is 43.7 Å². The molecular formula is C24H27N5O2. The van der Waals surface area contributed by atoms with E-state index in [1.165, 1.54) is 23.6 Å². The molecule has 31 heavy (non-hydrogen) atoms. The van der Waals surface area contributed by atoms with Crippen LogP contribution in [0.5, 0.6) is 0 Å². The average molecular weight is 418 g/mol. The monoisotopic (exact) mass is 417 g/mol. The van der Waals surface area contributed by atoms with Crippen LogP contribution in [-0.2, 0) is 24.3 Å². The molecule has 0 aliphatic carbocycles. The highest BCUT2D eigenvalue weighted by molar-refractivity contribution is 5.90. The summed E-state index contributed by atoms with van der Waals surface area (Å²) in [4.78, 5) is 13.6. The topological polar surface area (TPSA) is 83.3 Å². The van der Waals surface area contributed by atoms with E-state index in [1.807, 2.05) is 35.0 Å². The van der Waals surface area contributed by atoms with E-state index in [2.05, 4.69) is 45.7 Å². The summed E-state index contributed by atoms with van der Waals surface area (Å²) in [6.45, 7) is 2.81. The minimum absolute atomic E-state index is 0.444. The van der Waals surface area contributed by atoms with E-state index in [0.29, 0.717) is 6.04 Å². The van der Waals surface area contributed by atoms with Gasteiger partial charge in [0.1, 0.15) is 0 Å². The molecule has 1 atom stereocenters. The van der Waals surface area contributed by atoms with Crippen LogP contribution in [-0.4, -0.2) is 43.6 Å². The number of carbonyl (C=O) groups excluding carboxylic acids is 1. The standard InChI is InChI=1S/C24H27N5O2/c30-24(26-31)13-12-19-8-10-21(11-9-19)16-28-14-4-7-23(28)18-29-17-22(25-27-29)15-20-5-2-1-3-6-20/h1-3,5-6,8-13,17,23,31H,4,7,14-16,18H2,(H,26,30)/b13-12+/t23-/m1/s1. The number of nitrogens with zero attached hydrogens (tertiary/aromatic N) is 4. The van der Waals surface area contributed by atoms with Crippen molar-refractivity contribution in [2.45, 2.75) is 38.4 Å². The SMILES string of the molecule is O=C(/C=C/c1ccc(CN2CCC[C@@H]2Cn2cc(Cc3ccccc3)nn2)cc1)NO. The van der Waals surface area contributed by atoms with Crippen LogP contribution in [0.4, 0.5) is 0 Å². The molecule has 0 saturated carbocycles. The zero-order valence-electron chi connectivity index (χ0n) is 17.4. The summed E-state index contributed by atoms with van der Waals surface area (Å²) in [7, 11) is 0. The minimum atomic E-state index is -0.538. The molecule has 2 heterocycles. The maximum atomic E-state index is 11.1. The van der Waals surface area contributed by atoms with Gasteiger partial charge in [-0.15, -0.1) is 5.10 Å². The highest BCUT2D eigenvalue weighted by Gasteiger charge is 2.25. The molecule has 1 aromatic heterocycles. The van der Waals surface area contributed by atoms with E-state index in [1.54, 1.807) is 11.6 Å². The van der Waals surface area contributed by atoms with E-state index in [-0.39, 0.29) is 0 Å². The number of nitrogens with one attached hydrogen (secondary N) is 1. The van der Waals surface area contributed by atoms with Crippen molar-refractivity contribution in [3.8, 4) is 0 Å². The zero-order chi connectivity index (χ0) is 21.5. The number of benzene rings is 2. The Kier molecular flexibility index (Phi) is 6.86. The van der Waals surface area contributed by atoms with Gasteiger partial charge in [0, 0.05) is 31.3 Å². The van der Waals surface area contributed by atoms with E-state index < -0.39 is 5.91 Å². The fourth-order valence-electron chi connectivity index (χ4n) is 4.02. The molecule has 4 rings (SSSR count). The lowest BCUT2D eigenvalue weighted by Crippen LogP contribution is -2.32. The summed E-state index contributed by atoms with van der Waals surface area (Å²) in [5.41, 5.74) is 5.98. The van der Waals surface area contributed by atoms with Crippen LogP contribution in [0.2, 0.25) is 0 Å². The van der Waals surface area contributed by atoms with Gasteiger partial charge < -0.3 is 0 Å².